The highest BCUT2D eigenvalue weighted by atomic mass is 16.3. The molecule has 1 heterocycles. The van der Waals surface area contributed by atoms with Crippen LogP contribution < -0.4 is 4.90 Å². The van der Waals surface area contributed by atoms with Crippen molar-refractivity contribution in [2.75, 3.05) is 4.90 Å². The summed E-state index contributed by atoms with van der Waals surface area (Å²) in [5.41, 5.74) is 14.6. The first-order chi connectivity index (χ1) is 28.8. The second-order valence-corrected chi connectivity index (χ2v) is 14.9. The number of hydrogen-bond donors (Lipinski definition) is 0. The lowest BCUT2D eigenvalue weighted by Gasteiger charge is -2.28. The molecule has 10 aromatic carbocycles. The van der Waals surface area contributed by atoms with Gasteiger partial charge >= 0.3 is 0 Å². The summed E-state index contributed by atoms with van der Waals surface area (Å²) < 4.78 is 6.50. The molecule has 0 unspecified atom stereocenters. The van der Waals surface area contributed by atoms with Crippen molar-refractivity contribution in [2.45, 2.75) is 0 Å². The van der Waals surface area contributed by atoms with Gasteiger partial charge in [-0.2, -0.15) is 0 Å². The van der Waals surface area contributed by atoms with E-state index in [9.17, 15) is 0 Å². The Morgan fingerprint density at radius 1 is 0.276 bits per heavy atom. The van der Waals surface area contributed by atoms with E-state index in [0.717, 1.165) is 60.9 Å². The van der Waals surface area contributed by atoms with E-state index in [1.165, 1.54) is 44.2 Å². The van der Waals surface area contributed by atoms with E-state index in [-0.39, 0.29) is 0 Å². The lowest BCUT2D eigenvalue weighted by molar-refractivity contribution is 0.672. The quantitative estimate of drug-likeness (QED) is 0.162. The molecule has 0 radical (unpaired) electrons. The predicted molar refractivity (Wildman–Crippen MR) is 245 cm³/mol. The molecule has 58 heavy (non-hydrogen) atoms. The average Bonchev–Trinajstić information content (AvgIpc) is 3.69. The molecule has 2 heteroatoms. The van der Waals surface area contributed by atoms with Gasteiger partial charge < -0.3 is 9.32 Å². The highest BCUT2D eigenvalue weighted by Crippen LogP contribution is 2.45. The monoisotopic (exact) mass is 739 g/mol. The molecule has 0 bridgehead atoms. The molecule has 2 nitrogen and oxygen atoms in total. The van der Waals surface area contributed by atoms with Crippen LogP contribution in [0.3, 0.4) is 0 Å². The molecule has 1 aromatic heterocycles. The second-order valence-electron chi connectivity index (χ2n) is 14.9. The van der Waals surface area contributed by atoms with Gasteiger partial charge in [0.05, 0.1) is 5.69 Å². The van der Waals surface area contributed by atoms with E-state index in [0.29, 0.717) is 0 Å². The summed E-state index contributed by atoms with van der Waals surface area (Å²) in [6, 6.07) is 80.6. The highest BCUT2D eigenvalue weighted by molar-refractivity contribution is 6.18. The van der Waals surface area contributed by atoms with E-state index < -0.39 is 0 Å². The number of anilines is 3. The fraction of sp³-hybridized carbons (Fsp3) is 0. The number of hydrogen-bond acceptors (Lipinski definition) is 2. The van der Waals surface area contributed by atoms with E-state index >= 15 is 0 Å². The van der Waals surface area contributed by atoms with Crippen molar-refractivity contribution in [1.29, 1.82) is 0 Å². The van der Waals surface area contributed by atoms with Crippen molar-refractivity contribution in [3.05, 3.63) is 224 Å². The van der Waals surface area contributed by atoms with Crippen LogP contribution in [0.25, 0.3) is 88.0 Å². The smallest absolute Gasteiger partial charge is 0.143 e. The molecule has 272 valence electrons. The van der Waals surface area contributed by atoms with Gasteiger partial charge in [-0.05, 0) is 97.6 Å². The Bertz CT molecular complexity index is 3250. The lowest BCUT2D eigenvalue weighted by atomic mass is 9.94. The van der Waals surface area contributed by atoms with Gasteiger partial charge in [-0.1, -0.05) is 182 Å². The second kappa shape index (κ2) is 14.1. The predicted octanol–water partition coefficient (Wildman–Crippen LogP) is 16.0. The summed E-state index contributed by atoms with van der Waals surface area (Å²) in [5, 5.41) is 7.06. The summed E-state index contributed by atoms with van der Waals surface area (Å²) in [6.45, 7) is 0. The molecule has 0 aliphatic heterocycles. The van der Waals surface area contributed by atoms with Crippen LogP contribution in [0.2, 0.25) is 0 Å². The van der Waals surface area contributed by atoms with Gasteiger partial charge in [0.25, 0.3) is 0 Å². The van der Waals surface area contributed by atoms with Crippen LogP contribution >= 0.6 is 0 Å². The summed E-state index contributed by atoms with van der Waals surface area (Å²) in [6.07, 6.45) is 0. The average molecular weight is 740 g/mol. The Balaban J connectivity index is 1.01. The van der Waals surface area contributed by atoms with Gasteiger partial charge in [0.15, 0.2) is 0 Å². The minimum absolute atomic E-state index is 0.908. The van der Waals surface area contributed by atoms with Gasteiger partial charge in [0.1, 0.15) is 11.2 Å². The Labute approximate surface area is 337 Å². The molecule has 0 fully saturated rings. The van der Waals surface area contributed by atoms with Crippen molar-refractivity contribution in [1.82, 2.24) is 0 Å². The van der Waals surface area contributed by atoms with E-state index in [4.69, 9.17) is 4.42 Å². The first kappa shape index (κ1) is 33.6. The molecule has 0 saturated heterocycles. The van der Waals surface area contributed by atoms with Crippen LogP contribution in [0.4, 0.5) is 17.1 Å². The number of furan rings is 1. The minimum Gasteiger partial charge on any atom is -0.455 e. The van der Waals surface area contributed by atoms with Gasteiger partial charge in [-0.25, -0.2) is 0 Å². The maximum absolute atomic E-state index is 6.50. The number of para-hydroxylation sites is 2. The van der Waals surface area contributed by atoms with Crippen LogP contribution in [0.5, 0.6) is 0 Å². The first-order valence-corrected chi connectivity index (χ1v) is 19.8. The van der Waals surface area contributed by atoms with Crippen molar-refractivity contribution in [3.8, 4) is 44.5 Å². The van der Waals surface area contributed by atoms with Crippen LogP contribution in [0.1, 0.15) is 0 Å². The van der Waals surface area contributed by atoms with Crippen molar-refractivity contribution in [3.63, 3.8) is 0 Å². The van der Waals surface area contributed by atoms with E-state index in [1.807, 2.05) is 12.1 Å². The SMILES string of the molecule is c1ccc(-c2ccc(N(c3ccc(-c4ccc(-c5cccc6ccccc56)cc4)cc3)c3ccccc3-c3cccc4c3ccc3c5ccccc5oc43)cc2)cc1. The summed E-state index contributed by atoms with van der Waals surface area (Å²) in [7, 11) is 0. The lowest BCUT2D eigenvalue weighted by Crippen LogP contribution is -2.11. The van der Waals surface area contributed by atoms with Crippen molar-refractivity contribution < 1.29 is 4.42 Å². The molecule has 0 aliphatic rings. The zero-order valence-electron chi connectivity index (χ0n) is 31.7. The van der Waals surface area contributed by atoms with E-state index in [2.05, 4.69) is 217 Å². The topological polar surface area (TPSA) is 16.4 Å². The number of fused-ring (bicyclic) bond motifs is 6. The van der Waals surface area contributed by atoms with E-state index in [1.54, 1.807) is 0 Å². The zero-order chi connectivity index (χ0) is 38.4. The maximum Gasteiger partial charge on any atom is 0.143 e. The molecular weight excluding hydrogens is 703 g/mol. The molecular formula is C56H37NO. The fourth-order valence-electron chi connectivity index (χ4n) is 8.65. The van der Waals surface area contributed by atoms with Crippen LogP contribution in [-0.2, 0) is 0 Å². The molecule has 11 rings (SSSR count). The van der Waals surface area contributed by atoms with Crippen LogP contribution in [0, 0.1) is 0 Å². The van der Waals surface area contributed by atoms with Crippen LogP contribution in [-0.4, -0.2) is 0 Å². The van der Waals surface area contributed by atoms with Crippen molar-refractivity contribution in [2.24, 2.45) is 0 Å². The third-order valence-corrected chi connectivity index (χ3v) is 11.5. The Kier molecular flexibility index (Phi) is 8.19. The minimum atomic E-state index is 0.908. The molecule has 11 aromatic rings. The summed E-state index contributed by atoms with van der Waals surface area (Å²) >= 11 is 0. The number of benzene rings is 10. The molecule has 0 aliphatic carbocycles. The van der Waals surface area contributed by atoms with Gasteiger partial charge in [0, 0.05) is 33.1 Å². The normalized spacial score (nSPS) is 11.4. The van der Waals surface area contributed by atoms with Gasteiger partial charge in [-0.15, -0.1) is 0 Å². The highest BCUT2D eigenvalue weighted by Gasteiger charge is 2.20. The molecule has 0 amide bonds. The first-order valence-electron chi connectivity index (χ1n) is 19.8. The largest absolute Gasteiger partial charge is 0.455 e. The number of rotatable bonds is 7. The third-order valence-electron chi connectivity index (χ3n) is 11.5. The molecule has 0 atom stereocenters. The third kappa shape index (κ3) is 5.82. The number of nitrogens with zero attached hydrogens (tertiary/aromatic N) is 1. The maximum atomic E-state index is 6.50. The fourth-order valence-corrected chi connectivity index (χ4v) is 8.65. The standard InChI is InChI=1S/C56H37NO/c1-2-12-38(13-3-1)40-28-32-44(33-29-40)57(45-34-30-41(31-35-45)39-24-26-43(27-25-39)47-19-10-15-42-14-4-5-16-46(42)47)54-22-8-6-17-50(54)48-20-11-21-52-49(48)36-37-53-51-18-7-9-23-55(51)58-56(52)53/h1-37H. The molecule has 0 spiro atoms. The summed E-state index contributed by atoms with van der Waals surface area (Å²) in [4.78, 5) is 2.38. The Hall–Kier alpha value is -7.68. The van der Waals surface area contributed by atoms with Gasteiger partial charge in [-0.3, -0.25) is 0 Å². The Morgan fingerprint density at radius 2 is 0.759 bits per heavy atom. The summed E-state index contributed by atoms with van der Waals surface area (Å²) in [5.74, 6) is 0. The zero-order valence-corrected chi connectivity index (χ0v) is 31.7. The van der Waals surface area contributed by atoms with Gasteiger partial charge in [0.2, 0.25) is 0 Å². The van der Waals surface area contributed by atoms with Crippen molar-refractivity contribution >= 4 is 60.5 Å². The Morgan fingerprint density at radius 3 is 1.52 bits per heavy atom. The molecule has 0 saturated carbocycles. The molecule has 0 N–H and O–H groups in total. The van der Waals surface area contributed by atoms with Crippen LogP contribution in [0.15, 0.2) is 229 Å².